The summed E-state index contributed by atoms with van der Waals surface area (Å²) in [6.45, 7) is 19.7. The second-order valence-electron chi connectivity index (χ2n) is 14.6. The van der Waals surface area contributed by atoms with Gasteiger partial charge < -0.3 is 10.2 Å². The lowest BCUT2D eigenvalue weighted by atomic mass is 9.32. The minimum Gasteiger partial charge on any atom is -0.396 e. The van der Waals surface area contributed by atoms with Gasteiger partial charge in [-0.05, 0) is 128 Å². The summed E-state index contributed by atoms with van der Waals surface area (Å²) < 4.78 is 0. The third-order valence-corrected chi connectivity index (χ3v) is 13.5. The summed E-state index contributed by atoms with van der Waals surface area (Å²) in [5, 5.41) is 21.5. The normalized spacial score (nSPS) is 56.5. The second-order valence-corrected chi connectivity index (χ2v) is 14.6. The van der Waals surface area contributed by atoms with Crippen LogP contribution in [0.3, 0.4) is 0 Å². The van der Waals surface area contributed by atoms with Gasteiger partial charge >= 0.3 is 0 Å². The van der Waals surface area contributed by atoms with E-state index >= 15 is 0 Å². The summed E-state index contributed by atoms with van der Waals surface area (Å²) in [4.78, 5) is 0. The van der Waals surface area contributed by atoms with Crippen molar-refractivity contribution in [3.8, 4) is 0 Å². The molecule has 0 aliphatic heterocycles. The van der Waals surface area contributed by atoms with Crippen molar-refractivity contribution in [2.24, 2.45) is 56.7 Å². The number of rotatable bonds is 2. The van der Waals surface area contributed by atoms with Crippen LogP contribution in [0.2, 0.25) is 0 Å². The van der Waals surface area contributed by atoms with E-state index in [2.05, 4.69) is 48.1 Å². The topological polar surface area (TPSA) is 40.5 Å². The van der Waals surface area contributed by atoms with Gasteiger partial charge in [0.2, 0.25) is 0 Å². The van der Waals surface area contributed by atoms with Gasteiger partial charge in [0, 0.05) is 6.61 Å². The van der Waals surface area contributed by atoms with Gasteiger partial charge in [-0.25, -0.2) is 0 Å². The molecule has 0 bridgehead atoms. The Morgan fingerprint density at radius 1 is 0.812 bits per heavy atom. The number of aliphatic hydroxyl groups excluding tert-OH is 2. The van der Waals surface area contributed by atoms with Gasteiger partial charge in [0.1, 0.15) is 0 Å². The van der Waals surface area contributed by atoms with Gasteiger partial charge in [-0.2, -0.15) is 0 Å². The molecule has 0 heterocycles. The van der Waals surface area contributed by atoms with E-state index in [1.54, 1.807) is 0 Å². The first-order chi connectivity index (χ1) is 14.9. The third kappa shape index (κ3) is 2.66. The summed E-state index contributed by atoms with van der Waals surface area (Å²) in [5.41, 5.74) is 2.60. The Balaban J connectivity index is 1.55. The van der Waals surface area contributed by atoms with Crippen LogP contribution in [-0.4, -0.2) is 22.9 Å². The van der Waals surface area contributed by atoms with Crippen LogP contribution in [0.15, 0.2) is 12.2 Å². The lowest BCUT2D eigenvalue weighted by Crippen LogP contribution is -2.66. The molecule has 10 atom stereocenters. The van der Waals surface area contributed by atoms with Crippen LogP contribution in [0, 0.1) is 56.7 Å². The molecular formula is C30H50O2. The van der Waals surface area contributed by atoms with Crippen LogP contribution in [0.25, 0.3) is 0 Å². The minimum absolute atomic E-state index is 0.0290. The van der Waals surface area contributed by atoms with Gasteiger partial charge in [-0.1, -0.05) is 46.8 Å². The maximum absolute atomic E-state index is 10.9. The van der Waals surface area contributed by atoms with Crippen molar-refractivity contribution in [3.63, 3.8) is 0 Å². The molecule has 0 radical (unpaired) electrons. The van der Waals surface area contributed by atoms with Crippen molar-refractivity contribution in [3.05, 3.63) is 12.2 Å². The predicted molar refractivity (Wildman–Crippen MR) is 132 cm³/mol. The fourth-order valence-corrected chi connectivity index (χ4v) is 11.5. The molecule has 0 spiro atoms. The summed E-state index contributed by atoms with van der Waals surface area (Å²) >= 11 is 0. The first-order valence-electron chi connectivity index (χ1n) is 13.8. The second kappa shape index (κ2) is 7.09. The van der Waals surface area contributed by atoms with Crippen molar-refractivity contribution >= 4 is 0 Å². The molecule has 0 aromatic carbocycles. The van der Waals surface area contributed by atoms with Crippen molar-refractivity contribution in [1.82, 2.24) is 0 Å². The van der Waals surface area contributed by atoms with E-state index in [1.165, 1.54) is 63.4 Å². The van der Waals surface area contributed by atoms with Gasteiger partial charge in [0.25, 0.3) is 0 Å². The zero-order chi connectivity index (χ0) is 23.3. The average molecular weight is 443 g/mol. The summed E-state index contributed by atoms with van der Waals surface area (Å²) in [7, 11) is 0. The molecule has 5 saturated carbocycles. The minimum atomic E-state index is -0.147. The number of allylic oxidation sites excluding steroid dienone is 1. The van der Waals surface area contributed by atoms with E-state index in [-0.39, 0.29) is 16.9 Å². The van der Waals surface area contributed by atoms with Crippen molar-refractivity contribution in [2.45, 2.75) is 112 Å². The third-order valence-electron chi connectivity index (χ3n) is 13.5. The highest BCUT2D eigenvalue weighted by atomic mass is 16.3. The molecule has 2 nitrogen and oxygen atoms in total. The molecule has 2 heteroatoms. The highest BCUT2D eigenvalue weighted by molar-refractivity contribution is 5.21. The SMILES string of the molecule is C=C(C)[C@@H]1CC[C@]2(CO)CC[C@]3(C)[C@H](CCC4[C@@]5(C)CC[C@H](O)C(C)(C)C5CC[C@]43C)C12. The molecule has 3 unspecified atom stereocenters. The zero-order valence-electron chi connectivity index (χ0n) is 21.8. The number of hydrogen-bond acceptors (Lipinski definition) is 2. The fourth-order valence-electron chi connectivity index (χ4n) is 11.5. The number of hydrogen-bond donors (Lipinski definition) is 2. The first-order valence-corrected chi connectivity index (χ1v) is 13.8. The van der Waals surface area contributed by atoms with Crippen molar-refractivity contribution in [1.29, 1.82) is 0 Å². The van der Waals surface area contributed by atoms with Crippen molar-refractivity contribution < 1.29 is 10.2 Å². The first kappa shape index (κ1) is 23.4. The molecule has 5 fully saturated rings. The summed E-state index contributed by atoms with van der Waals surface area (Å²) in [5.74, 6) is 3.33. The summed E-state index contributed by atoms with van der Waals surface area (Å²) in [6, 6.07) is 0. The van der Waals surface area contributed by atoms with Crippen LogP contribution in [-0.2, 0) is 0 Å². The number of aliphatic hydroxyl groups is 2. The van der Waals surface area contributed by atoms with E-state index in [0.717, 1.165) is 18.3 Å². The molecule has 32 heavy (non-hydrogen) atoms. The van der Waals surface area contributed by atoms with Crippen LogP contribution in [0.4, 0.5) is 0 Å². The van der Waals surface area contributed by atoms with E-state index in [0.29, 0.717) is 40.6 Å². The standard InChI is InChI=1S/C30H50O2/c1-19(2)20-10-15-30(18-31)17-16-28(6)21(25(20)30)8-9-23-27(5)13-12-24(32)26(3,4)22(27)11-14-29(23,28)7/h20-25,31-32H,1,8-18H2,2-7H3/t20-,21+,22?,23?,24-,25?,27-,28+,29+,30+/m0/s1. The lowest BCUT2D eigenvalue weighted by Gasteiger charge is -2.73. The largest absolute Gasteiger partial charge is 0.396 e. The average Bonchev–Trinajstić information content (AvgIpc) is 3.12. The molecule has 0 amide bonds. The van der Waals surface area contributed by atoms with E-state index < -0.39 is 0 Å². The highest BCUT2D eigenvalue weighted by Crippen LogP contribution is 2.77. The number of fused-ring (bicyclic) bond motifs is 7. The van der Waals surface area contributed by atoms with Gasteiger partial charge in [0.05, 0.1) is 6.10 Å². The predicted octanol–water partition coefficient (Wildman–Crippen LogP) is 7.00. The van der Waals surface area contributed by atoms with Crippen LogP contribution in [0.5, 0.6) is 0 Å². The van der Waals surface area contributed by atoms with Gasteiger partial charge in [-0.3, -0.25) is 0 Å². The monoisotopic (exact) mass is 442 g/mol. The molecule has 0 saturated heterocycles. The molecule has 0 aromatic rings. The smallest absolute Gasteiger partial charge is 0.0594 e. The Labute approximate surface area is 197 Å². The molecular weight excluding hydrogens is 392 g/mol. The maximum Gasteiger partial charge on any atom is 0.0594 e. The molecule has 182 valence electrons. The lowest BCUT2D eigenvalue weighted by molar-refractivity contribution is -0.249. The Hall–Kier alpha value is -0.340. The quantitative estimate of drug-likeness (QED) is 0.452. The summed E-state index contributed by atoms with van der Waals surface area (Å²) in [6.07, 6.45) is 12.2. The zero-order valence-corrected chi connectivity index (χ0v) is 21.8. The van der Waals surface area contributed by atoms with E-state index in [1.807, 2.05) is 0 Å². The highest BCUT2D eigenvalue weighted by Gasteiger charge is 2.70. The molecule has 5 aliphatic rings. The Bertz CT molecular complexity index is 786. The van der Waals surface area contributed by atoms with Crippen LogP contribution >= 0.6 is 0 Å². The molecule has 2 N–H and O–H groups in total. The fraction of sp³-hybridized carbons (Fsp3) is 0.933. The van der Waals surface area contributed by atoms with Gasteiger partial charge in [-0.15, -0.1) is 0 Å². The van der Waals surface area contributed by atoms with E-state index in [9.17, 15) is 10.2 Å². The van der Waals surface area contributed by atoms with Crippen LogP contribution in [0.1, 0.15) is 106 Å². The van der Waals surface area contributed by atoms with Gasteiger partial charge in [0.15, 0.2) is 0 Å². The van der Waals surface area contributed by atoms with Crippen molar-refractivity contribution in [2.75, 3.05) is 6.61 Å². The Kier molecular flexibility index (Phi) is 5.19. The maximum atomic E-state index is 10.9. The Morgan fingerprint density at radius 2 is 1.53 bits per heavy atom. The van der Waals surface area contributed by atoms with Crippen LogP contribution < -0.4 is 0 Å². The molecule has 5 rings (SSSR count). The Morgan fingerprint density at radius 3 is 2.19 bits per heavy atom. The molecule has 5 aliphatic carbocycles. The molecule has 0 aromatic heterocycles. The van der Waals surface area contributed by atoms with E-state index in [4.69, 9.17) is 0 Å².